The Balaban J connectivity index is 1.66. The van der Waals surface area contributed by atoms with Gasteiger partial charge in [-0.25, -0.2) is 4.98 Å². The summed E-state index contributed by atoms with van der Waals surface area (Å²) in [6, 6.07) is 7.03. The molecule has 1 atom stereocenters. The number of aromatic nitrogens is 1. The van der Waals surface area contributed by atoms with Gasteiger partial charge in [0.25, 0.3) is 5.91 Å². The maximum atomic E-state index is 12.4. The summed E-state index contributed by atoms with van der Waals surface area (Å²) in [6.07, 6.45) is 1.70. The molecule has 1 amide bonds. The molecular formula is C17H15BrF3N3O2S. The number of nitrogens with one attached hydrogen (secondary N) is 1. The first kappa shape index (κ1) is 20.0. The summed E-state index contributed by atoms with van der Waals surface area (Å²) >= 11 is 3.18. The smallest absolute Gasteiger partial charge is 0.391 e. The monoisotopic (exact) mass is 461 g/mol. The van der Waals surface area contributed by atoms with Crippen molar-refractivity contribution in [1.82, 2.24) is 4.98 Å². The normalized spacial score (nSPS) is 17.2. The lowest BCUT2D eigenvalue weighted by Gasteiger charge is -2.18. The molecule has 2 N–H and O–H groups in total. The first-order valence-corrected chi connectivity index (χ1v) is 9.58. The third-order valence-corrected chi connectivity index (χ3v) is 5.22. The molecule has 10 heteroatoms. The fourth-order valence-electron chi connectivity index (χ4n) is 2.66. The number of carbonyl (C=O) groups is 1. The molecule has 0 spiro atoms. The number of alkyl halides is 3. The number of hydrogen-bond donors (Lipinski definition) is 2. The first-order chi connectivity index (χ1) is 12.7. The Labute approximate surface area is 166 Å². The molecule has 144 valence electrons. The molecule has 0 unspecified atom stereocenters. The van der Waals surface area contributed by atoms with Gasteiger partial charge < -0.3 is 15.3 Å². The topological polar surface area (TPSA) is 65.5 Å². The van der Waals surface area contributed by atoms with Gasteiger partial charge in [-0.15, -0.1) is 0 Å². The van der Waals surface area contributed by atoms with Gasteiger partial charge in [-0.05, 0) is 64.4 Å². The average Bonchev–Trinajstić information content (AvgIpc) is 3.01. The van der Waals surface area contributed by atoms with Gasteiger partial charge >= 0.3 is 5.51 Å². The summed E-state index contributed by atoms with van der Waals surface area (Å²) in [7, 11) is 0. The van der Waals surface area contributed by atoms with Crippen molar-refractivity contribution in [3.05, 3.63) is 46.6 Å². The summed E-state index contributed by atoms with van der Waals surface area (Å²) in [5, 5.41) is 12.3. The number of β-amino-alcohol motifs (C(OH)–C–C–N with tert-alkyl or cyclic N) is 1. The summed E-state index contributed by atoms with van der Waals surface area (Å²) < 4.78 is 37.7. The van der Waals surface area contributed by atoms with E-state index in [4.69, 9.17) is 0 Å². The number of anilines is 2. The average molecular weight is 462 g/mol. The second-order valence-corrected chi connectivity index (χ2v) is 7.94. The second-order valence-electron chi connectivity index (χ2n) is 5.94. The highest BCUT2D eigenvalue weighted by Crippen LogP contribution is 2.37. The van der Waals surface area contributed by atoms with Crippen LogP contribution in [0.1, 0.15) is 16.8 Å². The van der Waals surface area contributed by atoms with Crippen molar-refractivity contribution in [2.24, 2.45) is 0 Å². The fourth-order valence-corrected chi connectivity index (χ4v) is 3.80. The number of nitrogens with zero attached hydrogens (tertiary/aromatic N) is 2. The van der Waals surface area contributed by atoms with Crippen LogP contribution < -0.4 is 10.2 Å². The summed E-state index contributed by atoms with van der Waals surface area (Å²) in [5.74, 6) is 0.226. The van der Waals surface area contributed by atoms with E-state index >= 15 is 0 Å². The Bertz CT molecular complexity index is 833. The van der Waals surface area contributed by atoms with E-state index in [9.17, 15) is 23.1 Å². The van der Waals surface area contributed by atoms with Crippen molar-refractivity contribution in [1.29, 1.82) is 0 Å². The van der Waals surface area contributed by atoms with Crippen LogP contribution in [0.2, 0.25) is 0 Å². The van der Waals surface area contributed by atoms with Gasteiger partial charge in [-0.2, -0.15) is 13.2 Å². The molecule has 3 rings (SSSR count). The van der Waals surface area contributed by atoms with Crippen LogP contribution in [0.4, 0.5) is 24.7 Å². The fraction of sp³-hybridized carbons (Fsp3) is 0.294. The number of rotatable bonds is 4. The van der Waals surface area contributed by atoms with Crippen LogP contribution in [-0.2, 0) is 0 Å². The minimum absolute atomic E-state index is 0.0436. The van der Waals surface area contributed by atoms with Crippen molar-refractivity contribution in [2.75, 3.05) is 23.3 Å². The largest absolute Gasteiger partial charge is 0.446 e. The van der Waals surface area contributed by atoms with E-state index in [2.05, 4.69) is 26.2 Å². The Morgan fingerprint density at radius 3 is 2.59 bits per heavy atom. The number of thioether (sulfide) groups is 1. The molecule has 0 bridgehead atoms. The molecule has 1 saturated heterocycles. The second kappa shape index (κ2) is 8.07. The quantitative estimate of drug-likeness (QED) is 0.665. The maximum Gasteiger partial charge on any atom is 0.446 e. The van der Waals surface area contributed by atoms with E-state index in [0.29, 0.717) is 41.1 Å². The highest BCUT2D eigenvalue weighted by atomic mass is 79.9. The minimum Gasteiger partial charge on any atom is -0.391 e. The van der Waals surface area contributed by atoms with Crippen molar-refractivity contribution < 1.29 is 23.1 Å². The van der Waals surface area contributed by atoms with Crippen molar-refractivity contribution in [3.63, 3.8) is 0 Å². The predicted molar refractivity (Wildman–Crippen MR) is 101 cm³/mol. The number of halogens is 4. The van der Waals surface area contributed by atoms with Crippen LogP contribution in [0.3, 0.4) is 0 Å². The van der Waals surface area contributed by atoms with E-state index < -0.39 is 11.4 Å². The molecule has 2 aromatic rings. The maximum absolute atomic E-state index is 12.4. The number of aliphatic hydroxyl groups is 1. The van der Waals surface area contributed by atoms with E-state index in [0.717, 1.165) is 0 Å². The number of hydrogen-bond acceptors (Lipinski definition) is 5. The zero-order valence-corrected chi connectivity index (χ0v) is 16.2. The SMILES string of the molecule is O=C(Nc1ccc(SC(F)(F)F)cc1)c1cnc(N2CC[C@H](O)C2)c(Br)c1. The first-order valence-electron chi connectivity index (χ1n) is 7.97. The Morgan fingerprint density at radius 2 is 2.04 bits per heavy atom. The number of benzene rings is 1. The van der Waals surface area contributed by atoms with E-state index in [1.54, 1.807) is 6.07 Å². The Hall–Kier alpha value is -1.78. The van der Waals surface area contributed by atoms with Crippen molar-refractivity contribution >= 4 is 45.1 Å². The number of amides is 1. The highest BCUT2D eigenvalue weighted by molar-refractivity contribution is 9.10. The molecule has 1 aliphatic heterocycles. The Morgan fingerprint density at radius 1 is 1.33 bits per heavy atom. The van der Waals surface area contributed by atoms with Crippen LogP contribution in [0, 0.1) is 0 Å². The van der Waals surface area contributed by atoms with Crippen LogP contribution in [-0.4, -0.2) is 40.7 Å². The van der Waals surface area contributed by atoms with Gasteiger partial charge in [0.05, 0.1) is 16.1 Å². The molecule has 5 nitrogen and oxygen atoms in total. The Kier molecular flexibility index (Phi) is 5.97. The standard InChI is InChI=1S/C17H15BrF3N3O2S/c18-14-7-10(8-22-15(14)24-6-5-12(25)9-24)16(26)23-11-1-3-13(4-2-11)27-17(19,20)21/h1-4,7-8,12,25H,5-6,9H2,(H,23,26)/t12-/m0/s1. The van der Waals surface area contributed by atoms with Gasteiger partial charge in [-0.1, -0.05) is 0 Å². The molecule has 27 heavy (non-hydrogen) atoms. The molecule has 0 radical (unpaired) electrons. The molecule has 1 aromatic carbocycles. The van der Waals surface area contributed by atoms with Gasteiger partial charge in [0.1, 0.15) is 5.82 Å². The number of carbonyl (C=O) groups excluding carboxylic acids is 1. The summed E-state index contributed by atoms with van der Waals surface area (Å²) in [4.78, 5) is 18.6. The van der Waals surface area contributed by atoms with E-state index in [1.165, 1.54) is 30.5 Å². The third kappa shape index (κ3) is 5.36. The molecule has 0 aliphatic carbocycles. The third-order valence-electron chi connectivity index (χ3n) is 3.89. The molecule has 1 aliphatic rings. The zero-order valence-electron chi connectivity index (χ0n) is 13.8. The number of aliphatic hydroxyl groups excluding tert-OH is 1. The lowest BCUT2D eigenvalue weighted by atomic mass is 10.2. The zero-order chi connectivity index (χ0) is 19.6. The van der Waals surface area contributed by atoms with Crippen molar-refractivity contribution in [3.8, 4) is 0 Å². The molecule has 1 fully saturated rings. The van der Waals surface area contributed by atoms with E-state index in [1.807, 2.05) is 4.90 Å². The minimum atomic E-state index is -4.35. The van der Waals surface area contributed by atoms with Gasteiger partial charge in [0, 0.05) is 29.9 Å². The highest BCUT2D eigenvalue weighted by Gasteiger charge is 2.29. The van der Waals surface area contributed by atoms with Crippen molar-refractivity contribution in [2.45, 2.75) is 22.9 Å². The van der Waals surface area contributed by atoms with Crippen LogP contribution in [0.15, 0.2) is 45.9 Å². The number of pyridine rings is 1. The van der Waals surface area contributed by atoms with Crippen LogP contribution >= 0.6 is 27.7 Å². The molecule has 0 saturated carbocycles. The molecule has 2 heterocycles. The predicted octanol–water partition coefficient (Wildman–Crippen LogP) is 4.28. The van der Waals surface area contributed by atoms with Gasteiger partial charge in [0.15, 0.2) is 0 Å². The van der Waals surface area contributed by atoms with Gasteiger partial charge in [0.2, 0.25) is 0 Å². The van der Waals surface area contributed by atoms with E-state index in [-0.39, 0.29) is 22.8 Å². The lowest BCUT2D eigenvalue weighted by Crippen LogP contribution is -2.23. The summed E-state index contributed by atoms with van der Waals surface area (Å²) in [5.41, 5.74) is -3.66. The summed E-state index contributed by atoms with van der Waals surface area (Å²) in [6.45, 7) is 1.17. The van der Waals surface area contributed by atoms with Crippen LogP contribution in [0.5, 0.6) is 0 Å². The molecular weight excluding hydrogens is 447 g/mol. The lowest BCUT2D eigenvalue weighted by molar-refractivity contribution is -0.0328. The molecule has 1 aromatic heterocycles. The van der Waals surface area contributed by atoms with Crippen LogP contribution in [0.25, 0.3) is 0 Å². The van der Waals surface area contributed by atoms with Gasteiger partial charge in [-0.3, -0.25) is 4.79 Å².